The summed E-state index contributed by atoms with van der Waals surface area (Å²) in [6.45, 7) is 4.86. The lowest BCUT2D eigenvalue weighted by atomic mass is 10.0. The lowest BCUT2D eigenvalue weighted by Gasteiger charge is -2.20. The Morgan fingerprint density at radius 1 is 0.384 bits per heavy atom. The molecule has 6 heteroatoms. The fourth-order valence-corrected chi connectivity index (χ4v) is 9.58. The van der Waals surface area contributed by atoms with Crippen LogP contribution in [0.15, 0.2) is 60.8 Å². The van der Waals surface area contributed by atoms with Crippen molar-refractivity contribution >= 4 is 11.9 Å². The normalized spacial score (nSPS) is 13.0. The van der Waals surface area contributed by atoms with Gasteiger partial charge < -0.3 is 20.3 Å². The monoisotopic (exact) mass is 1020 g/mol. The molecule has 0 aliphatic carbocycles. The van der Waals surface area contributed by atoms with E-state index in [1.54, 1.807) is 6.08 Å². The number of unbranched alkanes of at least 4 members (excludes halogenated alkanes) is 40. The van der Waals surface area contributed by atoms with Gasteiger partial charge in [0.05, 0.1) is 25.4 Å². The molecule has 0 radical (unpaired) electrons. The number of hydrogen-bond donors (Lipinski definition) is 3. The maximum atomic E-state index is 12.4. The Morgan fingerprint density at radius 3 is 1.05 bits per heavy atom. The summed E-state index contributed by atoms with van der Waals surface area (Å²) in [7, 11) is 0. The third kappa shape index (κ3) is 58.7. The minimum atomic E-state index is -0.844. The van der Waals surface area contributed by atoms with Gasteiger partial charge in [-0.2, -0.15) is 0 Å². The summed E-state index contributed by atoms with van der Waals surface area (Å²) in [5, 5.41) is 22.9. The number of carbonyl (C=O) groups excluding carboxylic acids is 2. The number of hydrogen-bond acceptors (Lipinski definition) is 5. The first-order valence-corrected chi connectivity index (χ1v) is 32.1. The summed E-state index contributed by atoms with van der Waals surface area (Å²) in [5.41, 5.74) is 0. The molecule has 0 fully saturated rings. The van der Waals surface area contributed by atoms with Crippen LogP contribution in [0.2, 0.25) is 0 Å². The molecule has 6 nitrogen and oxygen atoms in total. The second-order valence-electron chi connectivity index (χ2n) is 21.7. The zero-order valence-electron chi connectivity index (χ0n) is 48.6. The second kappa shape index (κ2) is 62.1. The lowest BCUT2D eigenvalue weighted by molar-refractivity contribution is -0.143. The molecule has 2 atom stereocenters. The van der Waals surface area contributed by atoms with Gasteiger partial charge in [-0.25, -0.2) is 0 Å². The molecular weight excluding hydrogens is 899 g/mol. The fourth-order valence-electron chi connectivity index (χ4n) is 9.58. The van der Waals surface area contributed by atoms with Crippen LogP contribution in [0.3, 0.4) is 0 Å². The Kier molecular flexibility index (Phi) is 60.0. The SMILES string of the molecule is CCCCCC/C=C\C/C=C\CCCCCCCCCC(=O)OCCCCCCCCCCC/C=C\C/C=C\CCCCCCCCCCCCCCCC(=O)NC(CO)C(O)/C=C/CCCCCCCCC. The number of aliphatic hydroxyl groups is 2. The Morgan fingerprint density at radius 2 is 0.685 bits per heavy atom. The van der Waals surface area contributed by atoms with Gasteiger partial charge in [0.2, 0.25) is 5.91 Å². The molecule has 0 saturated carbocycles. The number of rotatable bonds is 59. The lowest BCUT2D eigenvalue weighted by Crippen LogP contribution is -2.45. The summed E-state index contributed by atoms with van der Waals surface area (Å²) >= 11 is 0. The van der Waals surface area contributed by atoms with Crippen LogP contribution in [-0.4, -0.2) is 47.4 Å². The molecule has 1 amide bonds. The van der Waals surface area contributed by atoms with E-state index >= 15 is 0 Å². The standard InChI is InChI=1S/C67H123NO5/c1-3-5-7-9-11-13-14-15-16-17-32-35-38-41-45-49-53-57-61-67(72)73-62-58-54-50-46-42-39-36-33-30-28-26-24-22-20-18-19-21-23-25-27-29-31-34-37-40-44-48-52-56-60-66(71)68-64(63-69)65(70)59-55-51-47-43-12-10-8-6-4-2/h13-14,16-18,20,24,26,55,59,64-65,69-70H,3-12,15,19,21-23,25,27-54,56-58,60-63H2,1-2H3,(H,68,71)/b14-13-,17-16-,20-18-,26-24-,59-55+. The molecule has 0 aliphatic rings. The van der Waals surface area contributed by atoms with Gasteiger partial charge in [0, 0.05) is 12.8 Å². The number of allylic oxidation sites excluding steroid dienone is 9. The van der Waals surface area contributed by atoms with Gasteiger partial charge in [-0.15, -0.1) is 0 Å². The van der Waals surface area contributed by atoms with Crippen molar-refractivity contribution in [3.8, 4) is 0 Å². The topological polar surface area (TPSA) is 95.9 Å². The van der Waals surface area contributed by atoms with E-state index in [4.69, 9.17) is 4.74 Å². The number of nitrogens with one attached hydrogen (secondary N) is 1. The molecule has 0 spiro atoms. The van der Waals surface area contributed by atoms with E-state index in [-0.39, 0.29) is 18.5 Å². The molecule has 3 N–H and O–H groups in total. The van der Waals surface area contributed by atoms with Gasteiger partial charge in [0.1, 0.15) is 0 Å². The van der Waals surface area contributed by atoms with Gasteiger partial charge in [-0.1, -0.05) is 280 Å². The number of esters is 1. The Hall–Kier alpha value is -2.44. The fraction of sp³-hybridized carbons (Fsp3) is 0.821. The maximum absolute atomic E-state index is 12.4. The number of carbonyl (C=O) groups is 2. The molecule has 0 aliphatic heterocycles. The zero-order chi connectivity index (χ0) is 52.9. The first kappa shape index (κ1) is 70.6. The van der Waals surface area contributed by atoms with E-state index in [1.807, 2.05) is 6.08 Å². The Bertz CT molecular complexity index is 1270. The first-order chi connectivity index (χ1) is 36.0. The quantitative estimate of drug-likeness (QED) is 0.0320. The smallest absolute Gasteiger partial charge is 0.305 e. The minimum Gasteiger partial charge on any atom is -0.466 e. The minimum absolute atomic E-state index is 0.00373. The van der Waals surface area contributed by atoms with Crippen molar-refractivity contribution in [1.82, 2.24) is 5.32 Å². The highest BCUT2D eigenvalue weighted by atomic mass is 16.5. The summed E-state index contributed by atoms with van der Waals surface area (Å²) in [6.07, 6.45) is 81.4. The van der Waals surface area contributed by atoms with Crippen molar-refractivity contribution in [3.05, 3.63) is 60.8 Å². The van der Waals surface area contributed by atoms with Crippen LogP contribution < -0.4 is 5.32 Å². The average molecular weight is 1020 g/mol. The molecule has 0 aromatic carbocycles. The molecule has 0 heterocycles. The summed E-state index contributed by atoms with van der Waals surface area (Å²) in [4.78, 5) is 24.5. The molecule has 0 rings (SSSR count). The molecule has 0 aromatic heterocycles. The van der Waals surface area contributed by atoms with E-state index < -0.39 is 12.1 Å². The van der Waals surface area contributed by atoms with Crippen LogP contribution in [0.4, 0.5) is 0 Å². The highest BCUT2D eigenvalue weighted by Gasteiger charge is 2.18. The zero-order valence-corrected chi connectivity index (χ0v) is 48.6. The predicted molar refractivity (Wildman–Crippen MR) is 319 cm³/mol. The van der Waals surface area contributed by atoms with E-state index in [2.05, 4.69) is 67.8 Å². The second-order valence-corrected chi connectivity index (χ2v) is 21.7. The Balaban J connectivity index is 3.40. The van der Waals surface area contributed by atoms with E-state index in [0.717, 1.165) is 57.8 Å². The van der Waals surface area contributed by atoms with Crippen molar-refractivity contribution in [2.75, 3.05) is 13.2 Å². The maximum Gasteiger partial charge on any atom is 0.305 e. The van der Waals surface area contributed by atoms with Crippen LogP contribution >= 0.6 is 0 Å². The van der Waals surface area contributed by atoms with Gasteiger partial charge >= 0.3 is 5.97 Å². The first-order valence-electron chi connectivity index (χ1n) is 32.1. The van der Waals surface area contributed by atoms with E-state index in [9.17, 15) is 19.8 Å². The van der Waals surface area contributed by atoms with Gasteiger partial charge in [0.15, 0.2) is 0 Å². The average Bonchev–Trinajstić information content (AvgIpc) is 3.39. The van der Waals surface area contributed by atoms with Crippen molar-refractivity contribution in [2.45, 2.75) is 341 Å². The molecule has 0 bridgehead atoms. The van der Waals surface area contributed by atoms with Crippen LogP contribution in [0.1, 0.15) is 328 Å². The van der Waals surface area contributed by atoms with Gasteiger partial charge in [0.25, 0.3) is 0 Å². The highest BCUT2D eigenvalue weighted by Crippen LogP contribution is 2.16. The van der Waals surface area contributed by atoms with Crippen LogP contribution in [-0.2, 0) is 14.3 Å². The predicted octanol–water partition coefficient (Wildman–Crippen LogP) is 20.3. The van der Waals surface area contributed by atoms with Crippen molar-refractivity contribution < 1.29 is 24.5 Å². The van der Waals surface area contributed by atoms with Crippen LogP contribution in [0.25, 0.3) is 0 Å². The van der Waals surface area contributed by atoms with E-state index in [0.29, 0.717) is 19.4 Å². The molecule has 0 aromatic rings. The van der Waals surface area contributed by atoms with Crippen molar-refractivity contribution in [1.29, 1.82) is 0 Å². The molecule has 73 heavy (non-hydrogen) atoms. The summed E-state index contributed by atoms with van der Waals surface area (Å²) < 4.78 is 5.49. The molecule has 2 unspecified atom stereocenters. The van der Waals surface area contributed by atoms with Crippen molar-refractivity contribution in [3.63, 3.8) is 0 Å². The summed E-state index contributed by atoms with van der Waals surface area (Å²) in [5.74, 6) is -0.0683. The summed E-state index contributed by atoms with van der Waals surface area (Å²) in [6, 6.07) is -0.627. The van der Waals surface area contributed by atoms with Crippen molar-refractivity contribution in [2.24, 2.45) is 0 Å². The Labute approximate surface area is 454 Å². The van der Waals surface area contributed by atoms with Gasteiger partial charge in [-0.05, 0) is 96.3 Å². The highest BCUT2D eigenvalue weighted by molar-refractivity contribution is 5.76. The largest absolute Gasteiger partial charge is 0.466 e. The molecule has 426 valence electrons. The third-order valence-electron chi connectivity index (χ3n) is 14.5. The van der Waals surface area contributed by atoms with Crippen LogP contribution in [0, 0.1) is 0 Å². The van der Waals surface area contributed by atoms with Crippen LogP contribution in [0.5, 0.6) is 0 Å². The van der Waals surface area contributed by atoms with Gasteiger partial charge in [-0.3, -0.25) is 9.59 Å². The number of amides is 1. The third-order valence-corrected chi connectivity index (χ3v) is 14.5. The number of ether oxygens (including phenoxy) is 1. The number of aliphatic hydroxyl groups excluding tert-OH is 2. The molecular formula is C67H123NO5. The molecule has 0 saturated heterocycles. The van der Waals surface area contributed by atoms with E-state index in [1.165, 1.54) is 244 Å².